The zero-order valence-electron chi connectivity index (χ0n) is 17.4. The van der Waals surface area contributed by atoms with Gasteiger partial charge in [-0.15, -0.1) is 0 Å². The minimum absolute atomic E-state index is 0.0104. The number of thioether (sulfide) groups is 1. The van der Waals surface area contributed by atoms with E-state index in [0.29, 0.717) is 45.4 Å². The summed E-state index contributed by atoms with van der Waals surface area (Å²) >= 11 is 12.7. The lowest BCUT2D eigenvalue weighted by Gasteiger charge is -2.14. The maximum Gasteiger partial charge on any atom is 0.303 e. The molecule has 0 aliphatic carbocycles. The third kappa shape index (κ3) is 6.25. The van der Waals surface area contributed by atoms with Gasteiger partial charge in [0.05, 0.1) is 11.5 Å². The predicted octanol–water partition coefficient (Wildman–Crippen LogP) is 5.38. The Bertz CT molecular complexity index is 1060. The molecule has 1 N–H and O–H groups in total. The number of carbonyl (C=O) groups excluding carboxylic acids is 1. The number of aliphatic carboxylic acids is 1. The summed E-state index contributed by atoms with van der Waals surface area (Å²) in [6, 6.07) is 12.9. The molecular weight excluding hydrogens is 470 g/mol. The first-order valence-corrected chi connectivity index (χ1v) is 11.6. The highest BCUT2D eigenvalue weighted by molar-refractivity contribution is 8.26. The quantitative estimate of drug-likeness (QED) is 0.353. The minimum atomic E-state index is -0.897. The Labute approximate surface area is 201 Å². The van der Waals surface area contributed by atoms with E-state index < -0.39 is 5.97 Å². The summed E-state index contributed by atoms with van der Waals surface area (Å²) in [6.45, 7) is 2.92. The van der Waals surface area contributed by atoms with Crippen molar-refractivity contribution in [3.8, 4) is 11.5 Å². The summed E-state index contributed by atoms with van der Waals surface area (Å²) < 4.78 is 12.1. The lowest BCUT2D eigenvalue weighted by atomic mass is 10.1. The number of hydrogen-bond donors (Lipinski definition) is 1. The van der Waals surface area contributed by atoms with E-state index in [4.69, 9.17) is 38.4 Å². The number of ether oxygens (including phenoxy) is 2. The van der Waals surface area contributed by atoms with Crippen LogP contribution in [-0.2, 0) is 16.2 Å². The molecule has 0 aromatic heterocycles. The van der Waals surface area contributed by atoms with Gasteiger partial charge in [0, 0.05) is 23.6 Å². The second-order valence-corrected chi connectivity index (χ2v) is 8.93. The van der Waals surface area contributed by atoms with E-state index in [2.05, 4.69) is 0 Å². The lowest BCUT2D eigenvalue weighted by Crippen LogP contribution is -2.29. The first-order valence-electron chi connectivity index (χ1n) is 9.99. The summed E-state index contributed by atoms with van der Waals surface area (Å²) in [4.78, 5) is 25.3. The summed E-state index contributed by atoms with van der Waals surface area (Å²) in [5, 5.41) is 9.43. The number of carboxylic acid groups (broad SMARTS) is 1. The fourth-order valence-corrected chi connectivity index (χ4v) is 4.50. The number of benzene rings is 2. The SMILES string of the molecule is CCOc1cc(/C=C2/SC(=S)N(CCCC(=O)O)C2=O)ccc1OCc1ccccc1Cl. The van der Waals surface area contributed by atoms with Crippen molar-refractivity contribution in [2.24, 2.45) is 0 Å². The van der Waals surface area contributed by atoms with Crippen molar-refractivity contribution in [1.29, 1.82) is 0 Å². The highest BCUT2D eigenvalue weighted by atomic mass is 35.5. The number of carbonyl (C=O) groups is 2. The Morgan fingerprint density at radius 2 is 2.00 bits per heavy atom. The molecule has 0 saturated carbocycles. The molecule has 0 bridgehead atoms. The summed E-state index contributed by atoms with van der Waals surface area (Å²) in [5.74, 6) is 0.0176. The van der Waals surface area contributed by atoms with E-state index in [1.54, 1.807) is 12.1 Å². The van der Waals surface area contributed by atoms with Crippen molar-refractivity contribution in [3.05, 3.63) is 63.5 Å². The molecule has 1 aliphatic heterocycles. The molecule has 0 radical (unpaired) electrons. The van der Waals surface area contributed by atoms with Gasteiger partial charge in [-0.1, -0.05) is 59.8 Å². The van der Waals surface area contributed by atoms with Crippen LogP contribution in [0.3, 0.4) is 0 Å². The van der Waals surface area contributed by atoms with Crippen LogP contribution in [0.4, 0.5) is 0 Å². The van der Waals surface area contributed by atoms with Gasteiger partial charge in [-0.3, -0.25) is 14.5 Å². The average Bonchev–Trinajstić information content (AvgIpc) is 3.01. The average molecular weight is 492 g/mol. The van der Waals surface area contributed by atoms with Gasteiger partial charge in [-0.05, 0) is 43.2 Å². The van der Waals surface area contributed by atoms with Gasteiger partial charge >= 0.3 is 5.97 Å². The molecule has 168 valence electrons. The molecule has 1 amide bonds. The molecule has 0 spiro atoms. The van der Waals surface area contributed by atoms with E-state index in [1.165, 1.54) is 16.7 Å². The van der Waals surface area contributed by atoms with Crippen LogP contribution in [0.1, 0.15) is 30.9 Å². The maximum atomic E-state index is 12.7. The van der Waals surface area contributed by atoms with E-state index in [-0.39, 0.29) is 18.9 Å². The van der Waals surface area contributed by atoms with Gasteiger partial charge in [-0.25, -0.2) is 0 Å². The molecule has 1 aliphatic rings. The van der Waals surface area contributed by atoms with Gasteiger partial charge in [0.2, 0.25) is 0 Å². The van der Waals surface area contributed by atoms with Crippen molar-refractivity contribution in [2.45, 2.75) is 26.4 Å². The molecule has 2 aromatic carbocycles. The largest absolute Gasteiger partial charge is 0.490 e. The number of carboxylic acids is 1. The molecule has 32 heavy (non-hydrogen) atoms. The zero-order chi connectivity index (χ0) is 23.1. The van der Waals surface area contributed by atoms with E-state index in [0.717, 1.165) is 11.1 Å². The Morgan fingerprint density at radius 3 is 2.72 bits per heavy atom. The van der Waals surface area contributed by atoms with Crippen molar-refractivity contribution in [1.82, 2.24) is 4.90 Å². The highest BCUT2D eigenvalue weighted by Crippen LogP contribution is 2.35. The third-order valence-electron chi connectivity index (χ3n) is 4.55. The monoisotopic (exact) mass is 491 g/mol. The van der Waals surface area contributed by atoms with Gasteiger partial charge in [0.25, 0.3) is 5.91 Å². The fraction of sp³-hybridized carbons (Fsp3) is 0.261. The molecule has 0 atom stereocenters. The summed E-state index contributed by atoms with van der Waals surface area (Å²) in [6.07, 6.45) is 2.08. The van der Waals surface area contributed by atoms with Gasteiger partial charge in [0.1, 0.15) is 10.9 Å². The van der Waals surface area contributed by atoms with Crippen LogP contribution in [0.2, 0.25) is 5.02 Å². The van der Waals surface area contributed by atoms with Crippen molar-refractivity contribution < 1.29 is 24.2 Å². The standard InChI is InChI=1S/C23H22ClNO5S2/c1-2-29-19-12-15(9-10-18(19)30-14-16-6-3-4-7-17(16)24)13-20-22(28)25(23(31)32-20)11-5-8-21(26)27/h3-4,6-7,9-10,12-13H,2,5,8,11,14H2,1H3,(H,26,27)/b20-13+. The molecule has 1 fully saturated rings. The Morgan fingerprint density at radius 1 is 1.22 bits per heavy atom. The lowest BCUT2D eigenvalue weighted by molar-refractivity contribution is -0.137. The topological polar surface area (TPSA) is 76.1 Å². The second-order valence-electron chi connectivity index (χ2n) is 6.85. The molecule has 2 aromatic rings. The Kier molecular flexibility index (Phi) is 8.55. The Balaban J connectivity index is 1.74. The number of nitrogens with zero attached hydrogens (tertiary/aromatic N) is 1. The number of hydrogen-bond acceptors (Lipinski definition) is 6. The smallest absolute Gasteiger partial charge is 0.303 e. The first kappa shape index (κ1) is 24.1. The number of halogens is 1. The number of amides is 1. The molecule has 6 nitrogen and oxygen atoms in total. The number of rotatable bonds is 10. The van der Waals surface area contributed by atoms with Crippen LogP contribution >= 0.6 is 35.6 Å². The van der Waals surface area contributed by atoms with E-state index in [1.807, 2.05) is 43.3 Å². The molecule has 0 unspecified atom stereocenters. The van der Waals surface area contributed by atoms with Gasteiger partial charge in [0.15, 0.2) is 11.5 Å². The van der Waals surface area contributed by atoms with Gasteiger partial charge < -0.3 is 14.6 Å². The zero-order valence-corrected chi connectivity index (χ0v) is 19.8. The normalized spacial score (nSPS) is 14.8. The van der Waals surface area contributed by atoms with E-state index in [9.17, 15) is 9.59 Å². The molecule has 3 rings (SSSR count). The van der Waals surface area contributed by atoms with Crippen LogP contribution in [0.5, 0.6) is 11.5 Å². The molecular formula is C23H22ClNO5S2. The molecule has 9 heteroatoms. The Hall–Kier alpha value is -2.55. The minimum Gasteiger partial charge on any atom is -0.490 e. The first-order chi connectivity index (χ1) is 15.4. The fourth-order valence-electron chi connectivity index (χ4n) is 3.01. The van der Waals surface area contributed by atoms with Crippen LogP contribution in [0, 0.1) is 0 Å². The van der Waals surface area contributed by atoms with Crippen LogP contribution in [0.15, 0.2) is 47.4 Å². The van der Waals surface area contributed by atoms with Crippen molar-refractivity contribution >= 4 is 57.9 Å². The van der Waals surface area contributed by atoms with Crippen LogP contribution in [0.25, 0.3) is 6.08 Å². The van der Waals surface area contributed by atoms with Crippen molar-refractivity contribution in [3.63, 3.8) is 0 Å². The number of thiocarbonyl (C=S) groups is 1. The predicted molar refractivity (Wildman–Crippen MR) is 130 cm³/mol. The third-order valence-corrected chi connectivity index (χ3v) is 6.30. The van der Waals surface area contributed by atoms with Crippen molar-refractivity contribution in [2.75, 3.05) is 13.2 Å². The second kappa shape index (κ2) is 11.4. The highest BCUT2D eigenvalue weighted by Gasteiger charge is 2.31. The summed E-state index contributed by atoms with van der Waals surface area (Å²) in [7, 11) is 0. The van der Waals surface area contributed by atoms with Crippen LogP contribution in [-0.4, -0.2) is 39.4 Å². The van der Waals surface area contributed by atoms with E-state index >= 15 is 0 Å². The summed E-state index contributed by atoms with van der Waals surface area (Å²) in [5.41, 5.74) is 1.64. The molecule has 1 heterocycles. The maximum absolute atomic E-state index is 12.7. The van der Waals surface area contributed by atoms with Gasteiger partial charge in [-0.2, -0.15) is 0 Å². The van der Waals surface area contributed by atoms with Crippen LogP contribution < -0.4 is 9.47 Å². The molecule has 1 saturated heterocycles.